The number of carbonyl (C=O) groups excluding carboxylic acids is 2. The van der Waals surface area contributed by atoms with Crippen LogP contribution in [0.25, 0.3) is 0 Å². The first-order valence-electron chi connectivity index (χ1n) is 8.53. The van der Waals surface area contributed by atoms with Crippen molar-refractivity contribution in [1.82, 2.24) is 10.2 Å². The van der Waals surface area contributed by atoms with Crippen molar-refractivity contribution in [2.75, 3.05) is 26.2 Å². The molecule has 3 rings (SSSR count). The highest BCUT2D eigenvalue weighted by molar-refractivity contribution is 5.95. The average Bonchev–Trinajstić information content (AvgIpc) is 2.59. The minimum Gasteiger partial charge on any atom is -0.448 e. The number of esters is 1. The van der Waals surface area contributed by atoms with Crippen LogP contribution in [0.1, 0.15) is 41.6 Å². The molecule has 0 radical (unpaired) electrons. The molecule has 1 saturated heterocycles. The molecule has 1 amide bonds. The van der Waals surface area contributed by atoms with Gasteiger partial charge < -0.3 is 15.0 Å². The number of ether oxygens (including phenoxy) is 1. The van der Waals surface area contributed by atoms with Crippen molar-refractivity contribution in [2.45, 2.75) is 38.2 Å². The quantitative estimate of drug-likeness (QED) is 0.664. The third kappa shape index (κ3) is 4.10. The molecule has 0 aromatic heterocycles. The molecule has 2 aliphatic heterocycles. The fraction of sp³-hybridized carbons (Fsp3) is 0.556. The van der Waals surface area contributed by atoms with Gasteiger partial charge in [-0.25, -0.2) is 4.79 Å². The first-order valence-corrected chi connectivity index (χ1v) is 8.53. The molecular formula is C18H24N2O3. The largest absolute Gasteiger partial charge is 0.448 e. The van der Waals surface area contributed by atoms with Gasteiger partial charge in [0.15, 0.2) is 6.10 Å². The molecule has 1 unspecified atom stereocenters. The number of cyclic esters (lactones) is 1. The van der Waals surface area contributed by atoms with Crippen LogP contribution in [0.5, 0.6) is 0 Å². The van der Waals surface area contributed by atoms with E-state index in [4.69, 9.17) is 4.74 Å². The van der Waals surface area contributed by atoms with Crippen LogP contribution in [0.15, 0.2) is 24.3 Å². The molecule has 1 aromatic rings. The minimum absolute atomic E-state index is 0.188. The number of nitrogens with zero attached hydrogens (tertiary/aromatic N) is 1. The predicted octanol–water partition coefficient (Wildman–Crippen LogP) is 1.76. The van der Waals surface area contributed by atoms with Gasteiger partial charge in [0.05, 0.1) is 5.56 Å². The minimum atomic E-state index is -0.701. The lowest BCUT2D eigenvalue weighted by Gasteiger charge is -2.26. The summed E-state index contributed by atoms with van der Waals surface area (Å²) in [4.78, 5) is 26.6. The van der Waals surface area contributed by atoms with Crippen molar-refractivity contribution in [3.05, 3.63) is 35.4 Å². The Morgan fingerprint density at radius 2 is 2.00 bits per heavy atom. The van der Waals surface area contributed by atoms with Gasteiger partial charge >= 0.3 is 5.97 Å². The highest BCUT2D eigenvalue weighted by Gasteiger charge is 2.30. The Morgan fingerprint density at radius 1 is 1.22 bits per heavy atom. The summed E-state index contributed by atoms with van der Waals surface area (Å²) in [6.45, 7) is 3.99. The Balaban J connectivity index is 1.43. The molecule has 5 nitrogen and oxygen atoms in total. The second-order valence-corrected chi connectivity index (χ2v) is 6.30. The Labute approximate surface area is 137 Å². The molecule has 2 aliphatic rings. The van der Waals surface area contributed by atoms with Crippen molar-refractivity contribution < 1.29 is 14.3 Å². The summed E-state index contributed by atoms with van der Waals surface area (Å²) < 4.78 is 5.26. The van der Waals surface area contributed by atoms with Gasteiger partial charge in [-0.1, -0.05) is 24.6 Å². The number of rotatable bonds is 5. The maximum atomic E-state index is 12.2. The van der Waals surface area contributed by atoms with Gasteiger partial charge in [-0.05, 0) is 50.5 Å². The van der Waals surface area contributed by atoms with Crippen LogP contribution < -0.4 is 5.32 Å². The summed E-state index contributed by atoms with van der Waals surface area (Å²) >= 11 is 0. The molecule has 1 aromatic carbocycles. The summed E-state index contributed by atoms with van der Waals surface area (Å²) in [5.41, 5.74) is 1.46. The zero-order valence-corrected chi connectivity index (χ0v) is 13.4. The van der Waals surface area contributed by atoms with Crippen LogP contribution in [-0.2, 0) is 16.0 Å². The molecule has 0 spiro atoms. The second kappa shape index (κ2) is 7.59. The predicted molar refractivity (Wildman–Crippen MR) is 87.3 cm³/mol. The Kier molecular flexibility index (Phi) is 5.28. The molecule has 1 fully saturated rings. The Hall–Kier alpha value is -1.88. The fourth-order valence-electron chi connectivity index (χ4n) is 3.29. The molecule has 124 valence electrons. The summed E-state index contributed by atoms with van der Waals surface area (Å²) in [6.07, 6.45) is 4.59. The van der Waals surface area contributed by atoms with E-state index in [0.717, 1.165) is 18.5 Å². The van der Waals surface area contributed by atoms with Gasteiger partial charge in [0.2, 0.25) is 0 Å². The lowest BCUT2D eigenvalue weighted by molar-refractivity contribution is -0.130. The van der Waals surface area contributed by atoms with E-state index in [-0.39, 0.29) is 5.91 Å². The summed E-state index contributed by atoms with van der Waals surface area (Å²) in [7, 11) is 0. The van der Waals surface area contributed by atoms with Crippen LogP contribution in [0.3, 0.4) is 0 Å². The Morgan fingerprint density at radius 3 is 2.83 bits per heavy atom. The van der Waals surface area contributed by atoms with Crippen LogP contribution in [0.4, 0.5) is 0 Å². The van der Waals surface area contributed by atoms with Crippen molar-refractivity contribution >= 4 is 11.9 Å². The fourth-order valence-corrected chi connectivity index (χ4v) is 3.29. The molecule has 1 N–H and O–H groups in total. The highest BCUT2D eigenvalue weighted by atomic mass is 16.5. The maximum Gasteiger partial charge on any atom is 0.339 e. The van der Waals surface area contributed by atoms with Gasteiger partial charge in [-0.15, -0.1) is 0 Å². The average molecular weight is 316 g/mol. The van der Waals surface area contributed by atoms with E-state index in [1.165, 1.54) is 32.4 Å². The van der Waals surface area contributed by atoms with Gasteiger partial charge in [0, 0.05) is 13.0 Å². The van der Waals surface area contributed by atoms with Crippen LogP contribution in [0.2, 0.25) is 0 Å². The smallest absolute Gasteiger partial charge is 0.339 e. The molecule has 0 saturated carbocycles. The first-order chi connectivity index (χ1) is 11.2. The third-order valence-electron chi connectivity index (χ3n) is 4.58. The maximum absolute atomic E-state index is 12.2. The normalized spacial score (nSPS) is 21.4. The number of amides is 1. The zero-order chi connectivity index (χ0) is 16.1. The molecule has 2 heterocycles. The molecule has 0 aliphatic carbocycles. The number of benzene rings is 1. The first kappa shape index (κ1) is 16.0. The number of fused-ring (bicyclic) bond motifs is 1. The van der Waals surface area contributed by atoms with Crippen molar-refractivity contribution in [3.8, 4) is 0 Å². The van der Waals surface area contributed by atoms with Gasteiger partial charge in [-0.2, -0.15) is 0 Å². The summed E-state index contributed by atoms with van der Waals surface area (Å²) in [6, 6.07) is 7.31. The van der Waals surface area contributed by atoms with Crippen LogP contribution in [0, 0.1) is 0 Å². The molecule has 0 bridgehead atoms. The van der Waals surface area contributed by atoms with E-state index in [2.05, 4.69) is 10.2 Å². The number of likely N-dealkylation sites (tertiary alicyclic amines) is 1. The van der Waals surface area contributed by atoms with Crippen molar-refractivity contribution in [1.29, 1.82) is 0 Å². The molecule has 5 heteroatoms. The molecule has 1 atom stereocenters. The number of piperidine rings is 1. The molecule has 23 heavy (non-hydrogen) atoms. The zero-order valence-electron chi connectivity index (χ0n) is 13.4. The summed E-state index contributed by atoms with van der Waals surface area (Å²) in [5, 5.41) is 2.90. The number of hydrogen-bond donors (Lipinski definition) is 1. The highest BCUT2D eigenvalue weighted by Crippen LogP contribution is 2.20. The van der Waals surface area contributed by atoms with Gasteiger partial charge in [0.25, 0.3) is 5.91 Å². The lowest BCUT2D eigenvalue weighted by atomic mass is 9.98. The van der Waals surface area contributed by atoms with E-state index < -0.39 is 12.1 Å². The van der Waals surface area contributed by atoms with E-state index in [0.29, 0.717) is 18.5 Å². The van der Waals surface area contributed by atoms with E-state index in [9.17, 15) is 9.59 Å². The Bertz CT molecular complexity index is 567. The number of hydrogen-bond acceptors (Lipinski definition) is 4. The van der Waals surface area contributed by atoms with Crippen molar-refractivity contribution in [2.24, 2.45) is 0 Å². The monoisotopic (exact) mass is 316 g/mol. The SMILES string of the molecule is O=C1OC(C(=O)NCCCN2CCCCC2)Cc2ccccc21. The van der Waals surface area contributed by atoms with Crippen LogP contribution >= 0.6 is 0 Å². The number of nitrogens with one attached hydrogen (secondary N) is 1. The van der Waals surface area contributed by atoms with E-state index in [1.54, 1.807) is 12.1 Å². The number of carbonyl (C=O) groups is 2. The second-order valence-electron chi connectivity index (χ2n) is 6.30. The topological polar surface area (TPSA) is 58.6 Å². The third-order valence-corrected chi connectivity index (χ3v) is 4.58. The van der Waals surface area contributed by atoms with Crippen molar-refractivity contribution in [3.63, 3.8) is 0 Å². The van der Waals surface area contributed by atoms with Crippen LogP contribution in [-0.4, -0.2) is 49.1 Å². The van der Waals surface area contributed by atoms with Gasteiger partial charge in [-0.3, -0.25) is 4.79 Å². The standard InChI is InChI=1S/C18H24N2O3/c21-17(19-9-6-12-20-10-4-1-5-11-20)16-13-14-7-2-3-8-15(14)18(22)23-16/h2-3,7-8,16H,1,4-6,9-13H2,(H,19,21). The van der Waals surface area contributed by atoms with E-state index in [1.807, 2.05) is 12.1 Å². The lowest BCUT2D eigenvalue weighted by Crippen LogP contribution is -2.42. The molecular weight excluding hydrogens is 292 g/mol. The summed E-state index contributed by atoms with van der Waals surface area (Å²) in [5.74, 6) is -0.591. The van der Waals surface area contributed by atoms with Gasteiger partial charge in [0.1, 0.15) is 0 Å². The van der Waals surface area contributed by atoms with E-state index >= 15 is 0 Å².